The molecule has 0 fully saturated rings. The van der Waals surface area contributed by atoms with Gasteiger partial charge in [-0.15, -0.1) is 0 Å². The summed E-state index contributed by atoms with van der Waals surface area (Å²) in [4.78, 5) is 15.4. The number of hydrogen-bond donors (Lipinski definition) is 1. The van der Waals surface area contributed by atoms with E-state index in [1.54, 1.807) is 0 Å². The van der Waals surface area contributed by atoms with Gasteiger partial charge >= 0.3 is 0 Å². The van der Waals surface area contributed by atoms with E-state index in [-0.39, 0.29) is 22.9 Å². The number of rotatable bonds is 5. The molecule has 18 heavy (non-hydrogen) atoms. The summed E-state index contributed by atoms with van der Waals surface area (Å²) >= 11 is 5.79. The van der Waals surface area contributed by atoms with Gasteiger partial charge in [0.15, 0.2) is 0 Å². The molecule has 1 rings (SSSR count). The number of halogens is 1. The molecular formula is C10H14ClN3O3S. The molecule has 1 aromatic rings. The first-order chi connectivity index (χ1) is 8.34. The fourth-order valence-electron chi connectivity index (χ4n) is 1.13. The van der Waals surface area contributed by atoms with E-state index in [9.17, 15) is 13.2 Å². The SMILES string of the molecule is CN(C)S(=O)(=O)CCNC(=O)c1ccncc1Cl. The Morgan fingerprint density at radius 3 is 2.72 bits per heavy atom. The van der Waals surface area contributed by atoms with Crippen LogP contribution in [0.3, 0.4) is 0 Å². The quantitative estimate of drug-likeness (QED) is 0.849. The fourth-order valence-corrected chi connectivity index (χ4v) is 2.06. The summed E-state index contributed by atoms with van der Waals surface area (Å²) in [5, 5.41) is 2.72. The molecule has 6 nitrogen and oxygen atoms in total. The lowest BCUT2D eigenvalue weighted by atomic mass is 10.2. The first-order valence-electron chi connectivity index (χ1n) is 5.12. The minimum atomic E-state index is -3.31. The molecule has 0 unspecified atom stereocenters. The molecule has 1 aromatic heterocycles. The number of amides is 1. The Labute approximate surface area is 111 Å². The van der Waals surface area contributed by atoms with Crippen LogP contribution in [-0.2, 0) is 10.0 Å². The van der Waals surface area contributed by atoms with Crippen molar-refractivity contribution in [2.75, 3.05) is 26.4 Å². The highest BCUT2D eigenvalue weighted by Gasteiger charge is 2.15. The van der Waals surface area contributed by atoms with E-state index >= 15 is 0 Å². The van der Waals surface area contributed by atoms with Crippen molar-refractivity contribution in [1.82, 2.24) is 14.6 Å². The number of carbonyl (C=O) groups excluding carboxylic acids is 1. The molecule has 1 heterocycles. The Kier molecular flexibility index (Phi) is 5.06. The van der Waals surface area contributed by atoms with Gasteiger partial charge in [0.1, 0.15) is 0 Å². The lowest BCUT2D eigenvalue weighted by Gasteiger charge is -2.11. The van der Waals surface area contributed by atoms with Gasteiger partial charge in [0, 0.05) is 33.0 Å². The lowest BCUT2D eigenvalue weighted by molar-refractivity contribution is 0.0956. The van der Waals surface area contributed by atoms with Gasteiger partial charge < -0.3 is 5.32 Å². The van der Waals surface area contributed by atoms with Gasteiger partial charge in [0.25, 0.3) is 5.91 Å². The molecule has 0 aliphatic rings. The minimum absolute atomic E-state index is 0.0258. The van der Waals surface area contributed by atoms with Crippen molar-refractivity contribution in [2.24, 2.45) is 0 Å². The summed E-state index contributed by atoms with van der Waals surface area (Å²) < 4.78 is 24.0. The van der Waals surface area contributed by atoms with Gasteiger partial charge in [-0.25, -0.2) is 12.7 Å². The topological polar surface area (TPSA) is 79.4 Å². The standard InChI is InChI=1S/C10H14ClN3O3S/c1-14(2)18(16,17)6-5-13-10(15)8-3-4-12-7-9(8)11/h3-4,7H,5-6H2,1-2H3,(H,13,15). The molecule has 0 spiro atoms. The van der Waals surface area contributed by atoms with Crippen LogP contribution in [-0.4, -0.2) is 50.0 Å². The summed E-state index contributed by atoms with van der Waals surface area (Å²) in [5.74, 6) is -0.578. The second-order valence-electron chi connectivity index (χ2n) is 3.71. The summed E-state index contributed by atoms with van der Waals surface area (Å²) in [6, 6.07) is 1.47. The average molecular weight is 292 g/mol. The van der Waals surface area contributed by atoms with Crippen LogP contribution in [0.15, 0.2) is 18.5 Å². The zero-order valence-electron chi connectivity index (χ0n) is 10.1. The Morgan fingerprint density at radius 2 is 2.17 bits per heavy atom. The first kappa shape index (κ1) is 14.9. The second-order valence-corrected chi connectivity index (χ2v) is 6.42. The van der Waals surface area contributed by atoms with E-state index in [0.29, 0.717) is 0 Å². The number of hydrogen-bond acceptors (Lipinski definition) is 4. The van der Waals surface area contributed by atoms with Crippen LogP contribution < -0.4 is 5.32 Å². The van der Waals surface area contributed by atoms with Crippen LogP contribution in [0, 0.1) is 0 Å². The van der Waals surface area contributed by atoms with Crippen molar-refractivity contribution in [3.05, 3.63) is 29.0 Å². The van der Waals surface area contributed by atoms with Gasteiger partial charge in [0.2, 0.25) is 10.0 Å². The number of sulfonamides is 1. The van der Waals surface area contributed by atoms with Gasteiger partial charge in [-0.05, 0) is 6.07 Å². The summed E-state index contributed by atoms with van der Waals surface area (Å²) in [5.41, 5.74) is 0.272. The van der Waals surface area contributed by atoms with Crippen molar-refractivity contribution >= 4 is 27.5 Å². The van der Waals surface area contributed by atoms with Crippen molar-refractivity contribution in [3.8, 4) is 0 Å². The molecule has 1 N–H and O–H groups in total. The largest absolute Gasteiger partial charge is 0.351 e. The summed E-state index contributed by atoms with van der Waals surface area (Å²) in [6.07, 6.45) is 2.80. The molecule has 0 aliphatic carbocycles. The lowest BCUT2D eigenvalue weighted by Crippen LogP contribution is -2.34. The van der Waals surface area contributed by atoms with Gasteiger partial charge in [0.05, 0.1) is 16.3 Å². The van der Waals surface area contributed by atoms with E-state index < -0.39 is 15.9 Å². The minimum Gasteiger partial charge on any atom is -0.351 e. The van der Waals surface area contributed by atoms with E-state index in [2.05, 4.69) is 10.3 Å². The normalized spacial score (nSPS) is 11.6. The maximum atomic E-state index is 11.7. The molecule has 0 bridgehead atoms. The molecule has 1 amide bonds. The van der Waals surface area contributed by atoms with Crippen LogP contribution >= 0.6 is 11.6 Å². The number of pyridine rings is 1. The Bertz CT molecular complexity index is 531. The first-order valence-corrected chi connectivity index (χ1v) is 7.11. The zero-order valence-corrected chi connectivity index (χ0v) is 11.6. The Hall–Kier alpha value is -1.18. The summed E-state index contributed by atoms with van der Waals surface area (Å²) in [6.45, 7) is 0.0258. The van der Waals surface area contributed by atoms with Crippen molar-refractivity contribution in [1.29, 1.82) is 0 Å². The van der Waals surface area contributed by atoms with E-state index in [0.717, 1.165) is 4.31 Å². The maximum Gasteiger partial charge on any atom is 0.252 e. The molecular weight excluding hydrogens is 278 g/mol. The molecule has 0 radical (unpaired) electrons. The Balaban J connectivity index is 2.56. The van der Waals surface area contributed by atoms with Crippen molar-refractivity contribution in [2.45, 2.75) is 0 Å². The molecule has 0 saturated heterocycles. The highest BCUT2D eigenvalue weighted by molar-refractivity contribution is 7.89. The molecule has 0 aromatic carbocycles. The van der Waals surface area contributed by atoms with Gasteiger partial charge in [-0.1, -0.05) is 11.6 Å². The van der Waals surface area contributed by atoms with Crippen LogP contribution in [0.4, 0.5) is 0 Å². The molecule has 8 heteroatoms. The van der Waals surface area contributed by atoms with Crippen LogP contribution in [0.5, 0.6) is 0 Å². The van der Waals surface area contributed by atoms with E-state index in [1.807, 2.05) is 0 Å². The molecule has 100 valence electrons. The highest BCUT2D eigenvalue weighted by Crippen LogP contribution is 2.12. The van der Waals surface area contributed by atoms with Crippen molar-refractivity contribution in [3.63, 3.8) is 0 Å². The number of nitrogens with zero attached hydrogens (tertiary/aromatic N) is 2. The van der Waals surface area contributed by atoms with Crippen molar-refractivity contribution < 1.29 is 13.2 Å². The van der Waals surface area contributed by atoms with Crippen LogP contribution in [0.1, 0.15) is 10.4 Å². The monoisotopic (exact) mass is 291 g/mol. The zero-order chi connectivity index (χ0) is 13.8. The van der Waals surface area contributed by atoms with Gasteiger partial charge in [-0.3, -0.25) is 9.78 Å². The third kappa shape index (κ3) is 3.94. The third-order valence-electron chi connectivity index (χ3n) is 2.22. The van der Waals surface area contributed by atoms with Crippen LogP contribution in [0.25, 0.3) is 0 Å². The average Bonchev–Trinajstić information content (AvgIpc) is 2.29. The third-order valence-corrected chi connectivity index (χ3v) is 4.35. The molecule has 0 aliphatic heterocycles. The number of nitrogens with one attached hydrogen (secondary N) is 1. The second kappa shape index (κ2) is 6.12. The van der Waals surface area contributed by atoms with Gasteiger partial charge in [-0.2, -0.15) is 0 Å². The van der Waals surface area contributed by atoms with E-state index in [1.165, 1.54) is 32.6 Å². The van der Waals surface area contributed by atoms with Crippen LogP contribution in [0.2, 0.25) is 5.02 Å². The smallest absolute Gasteiger partial charge is 0.252 e. The number of carbonyl (C=O) groups is 1. The highest BCUT2D eigenvalue weighted by atomic mass is 35.5. The fraction of sp³-hybridized carbons (Fsp3) is 0.400. The maximum absolute atomic E-state index is 11.7. The molecule has 0 saturated carbocycles. The molecule has 0 atom stereocenters. The predicted octanol–water partition coefficient (Wildman–Crippen LogP) is 0.356. The predicted molar refractivity (Wildman–Crippen MR) is 69.1 cm³/mol. The number of aromatic nitrogens is 1. The summed E-state index contributed by atoms with van der Waals surface area (Å²) in [7, 11) is -0.430. The Morgan fingerprint density at radius 1 is 1.50 bits per heavy atom. The van der Waals surface area contributed by atoms with E-state index in [4.69, 9.17) is 11.6 Å².